The summed E-state index contributed by atoms with van der Waals surface area (Å²) in [6, 6.07) is 7.05. The molecule has 18 heavy (non-hydrogen) atoms. The summed E-state index contributed by atoms with van der Waals surface area (Å²) in [7, 11) is 0. The molecule has 0 saturated heterocycles. The van der Waals surface area contributed by atoms with Crippen LogP contribution in [0, 0.1) is 0 Å². The number of halogens is 4. The molecule has 0 atom stereocenters. The normalized spacial score (nSPS) is 11.6. The van der Waals surface area contributed by atoms with E-state index in [2.05, 4.69) is 4.98 Å². The average Bonchev–Trinajstić information content (AvgIpc) is 2.28. The topological polar surface area (TPSA) is 38.9 Å². The summed E-state index contributed by atoms with van der Waals surface area (Å²) in [6.07, 6.45) is -3.30. The van der Waals surface area contributed by atoms with Gasteiger partial charge >= 0.3 is 6.18 Å². The van der Waals surface area contributed by atoms with E-state index < -0.39 is 11.9 Å². The van der Waals surface area contributed by atoms with Crippen molar-refractivity contribution in [2.75, 3.05) is 5.73 Å². The molecule has 0 unspecified atom stereocenters. The van der Waals surface area contributed by atoms with Gasteiger partial charge in [0.15, 0.2) is 0 Å². The minimum Gasteiger partial charge on any atom is -0.399 e. The molecule has 2 aromatic rings. The largest absolute Gasteiger partial charge is 0.433 e. The molecule has 0 aliphatic carbocycles. The summed E-state index contributed by atoms with van der Waals surface area (Å²) < 4.78 is 37.0. The van der Waals surface area contributed by atoms with Crippen molar-refractivity contribution < 1.29 is 13.2 Å². The molecule has 0 saturated carbocycles. The van der Waals surface area contributed by atoms with E-state index in [9.17, 15) is 13.2 Å². The zero-order valence-electron chi connectivity index (χ0n) is 9.00. The van der Waals surface area contributed by atoms with Crippen molar-refractivity contribution >= 4 is 17.3 Å². The molecule has 2 nitrogen and oxygen atoms in total. The van der Waals surface area contributed by atoms with Crippen molar-refractivity contribution in [2.45, 2.75) is 6.18 Å². The number of rotatable bonds is 1. The highest BCUT2D eigenvalue weighted by atomic mass is 35.5. The Hall–Kier alpha value is -1.75. The second-order valence-corrected chi connectivity index (χ2v) is 4.08. The maximum Gasteiger partial charge on any atom is 0.433 e. The highest BCUT2D eigenvalue weighted by Crippen LogP contribution is 2.32. The van der Waals surface area contributed by atoms with Gasteiger partial charge in [0.1, 0.15) is 5.69 Å². The summed E-state index contributed by atoms with van der Waals surface area (Å²) in [5.41, 5.74) is 6.19. The Balaban J connectivity index is 2.41. The molecule has 0 spiro atoms. The average molecular weight is 273 g/mol. The van der Waals surface area contributed by atoms with Gasteiger partial charge in [-0.05, 0) is 18.2 Å². The lowest BCUT2D eigenvalue weighted by Crippen LogP contribution is -2.07. The maximum absolute atomic E-state index is 12.3. The first kappa shape index (κ1) is 12.7. The molecule has 0 radical (unpaired) electrons. The molecule has 6 heteroatoms. The fourth-order valence-corrected chi connectivity index (χ4v) is 1.78. The van der Waals surface area contributed by atoms with E-state index in [1.54, 1.807) is 12.1 Å². The van der Waals surface area contributed by atoms with Gasteiger partial charge in [-0.2, -0.15) is 13.2 Å². The molecule has 0 aliphatic heterocycles. The second-order valence-electron chi connectivity index (χ2n) is 3.67. The molecule has 2 N–H and O–H groups in total. The van der Waals surface area contributed by atoms with Crippen LogP contribution in [0.15, 0.2) is 36.5 Å². The predicted molar refractivity (Wildman–Crippen MR) is 64.1 cm³/mol. The molecular weight excluding hydrogens is 265 g/mol. The third-order valence-electron chi connectivity index (χ3n) is 2.36. The zero-order chi connectivity index (χ0) is 13.3. The molecule has 1 aromatic carbocycles. The Morgan fingerprint density at radius 2 is 1.83 bits per heavy atom. The monoisotopic (exact) mass is 272 g/mol. The molecule has 0 fully saturated rings. The van der Waals surface area contributed by atoms with Crippen molar-refractivity contribution in [1.82, 2.24) is 4.98 Å². The quantitative estimate of drug-likeness (QED) is 0.797. The first-order chi connectivity index (χ1) is 8.38. The van der Waals surface area contributed by atoms with Gasteiger partial charge in [0, 0.05) is 23.0 Å². The number of hydrogen-bond donors (Lipinski definition) is 1. The summed E-state index contributed by atoms with van der Waals surface area (Å²) >= 11 is 5.96. The van der Waals surface area contributed by atoms with Crippen molar-refractivity contribution in [1.29, 1.82) is 0 Å². The minimum absolute atomic E-state index is 0.372. The van der Waals surface area contributed by atoms with Crippen LogP contribution in [-0.2, 0) is 6.18 Å². The van der Waals surface area contributed by atoms with Crippen molar-refractivity contribution in [2.24, 2.45) is 0 Å². The minimum atomic E-state index is -4.44. The summed E-state index contributed by atoms with van der Waals surface area (Å²) in [5, 5.41) is 0.372. The summed E-state index contributed by atoms with van der Waals surface area (Å²) in [6.45, 7) is 0. The number of nitrogens with zero attached hydrogens (tertiary/aromatic N) is 1. The van der Waals surface area contributed by atoms with E-state index in [4.69, 9.17) is 17.3 Å². The SMILES string of the molecule is Nc1ccc(-c2ccc(C(F)(F)F)nc2)c(Cl)c1. The number of alkyl halides is 3. The van der Waals surface area contributed by atoms with Crippen LogP contribution < -0.4 is 5.73 Å². The Morgan fingerprint density at radius 3 is 2.33 bits per heavy atom. The number of aromatic nitrogens is 1. The van der Waals surface area contributed by atoms with E-state index in [0.29, 0.717) is 21.8 Å². The van der Waals surface area contributed by atoms with Crippen LogP contribution >= 0.6 is 11.6 Å². The van der Waals surface area contributed by atoms with Crippen LogP contribution in [0.1, 0.15) is 5.69 Å². The van der Waals surface area contributed by atoms with Gasteiger partial charge in [0.25, 0.3) is 0 Å². The maximum atomic E-state index is 12.3. The number of anilines is 1. The number of nitrogens with two attached hydrogens (primary N) is 1. The first-order valence-electron chi connectivity index (χ1n) is 4.96. The standard InChI is InChI=1S/C12H8ClF3N2/c13-10-5-8(17)2-3-9(10)7-1-4-11(18-6-7)12(14,15)16/h1-6H,17H2. The molecule has 1 heterocycles. The fourth-order valence-electron chi connectivity index (χ4n) is 1.49. The van der Waals surface area contributed by atoms with E-state index in [0.717, 1.165) is 12.3 Å². The lowest BCUT2D eigenvalue weighted by molar-refractivity contribution is -0.141. The third-order valence-corrected chi connectivity index (χ3v) is 2.67. The van der Waals surface area contributed by atoms with Crippen molar-refractivity contribution in [3.05, 3.63) is 47.2 Å². The zero-order valence-corrected chi connectivity index (χ0v) is 9.76. The lowest BCUT2D eigenvalue weighted by atomic mass is 10.1. The van der Waals surface area contributed by atoms with Crippen LogP contribution in [0.5, 0.6) is 0 Å². The highest BCUT2D eigenvalue weighted by molar-refractivity contribution is 6.33. The number of benzene rings is 1. The fraction of sp³-hybridized carbons (Fsp3) is 0.0833. The first-order valence-corrected chi connectivity index (χ1v) is 5.34. The van der Waals surface area contributed by atoms with Gasteiger partial charge in [-0.1, -0.05) is 23.7 Å². The van der Waals surface area contributed by atoms with Crippen LogP contribution in [-0.4, -0.2) is 4.98 Å². The smallest absolute Gasteiger partial charge is 0.399 e. The van der Waals surface area contributed by atoms with Crippen LogP contribution in [0.3, 0.4) is 0 Å². The summed E-state index contributed by atoms with van der Waals surface area (Å²) in [4.78, 5) is 3.37. The van der Waals surface area contributed by atoms with Gasteiger partial charge < -0.3 is 5.73 Å². The van der Waals surface area contributed by atoms with Crippen molar-refractivity contribution in [3.63, 3.8) is 0 Å². The van der Waals surface area contributed by atoms with Gasteiger partial charge in [-0.25, -0.2) is 0 Å². The van der Waals surface area contributed by atoms with Crippen molar-refractivity contribution in [3.8, 4) is 11.1 Å². The van der Waals surface area contributed by atoms with E-state index in [1.165, 1.54) is 12.1 Å². The lowest BCUT2D eigenvalue weighted by Gasteiger charge is -2.08. The van der Waals surface area contributed by atoms with Gasteiger partial charge in [-0.3, -0.25) is 4.98 Å². The molecule has 0 aliphatic rings. The Bertz CT molecular complexity index is 565. The van der Waals surface area contributed by atoms with E-state index >= 15 is 0 Å². The number of hydrogen-bond acceptors (Lipinski definition) is 2. The van der Waals surface area contributed by atoms with Gasteiger partial charge in [0.05, 0.1) is 5.02 Å². The molecule has 1 aromatic heterocycles. The van der Waals surface area contributed by atoms with E-state index in [1.807, 2.05) is 0 Å². The Morgan fingerprint density at radius 1 is 1.11 bits per heavy atom. The molecule has 0 bridgehead atoms. The van der Waals surface area contributed by atoms with Crippen LogP contribution in [0.2, 0.25) is 5.02 Å². The Kier molecular flexibility index (Phi) is 3.17. The van der Waals surface area contributed by atoms with Crippen LogP contribution in [0.25, 0.3) is 11.1 Å². The molecular formula is C12H8ClF3N2. The second kappa shape index (κ2) is 4.49. The molecule has 2 rings (SSSR count). The Labute approximate surface area is 106 Å². The predicted octanol–water partition coefficient (Wildman–Crippen LogP) is 4.00. The van der Waals surface area contributed by atoms with Gasteiger partial charge in [0.2, 0.25) is 0 Å². The van der Waals surface area contributed by atoms with Gasteiger partial charge in [-0.15, -0.1) is 0 Å². The summed E-state index contributed by atoms with van der Waals surface area (Å²) in [5.74, 6) is 0. The third kappa shape index (κ3) is 2.56. The molecule has 0 amide bonds. The molecule has 94 valence electrons. The number of pyridine rings is 1. The highest BCUT2D eigenvalue weighted by Gasteiger charge is 2.32. The number of nitrogen functional groups attached to an aromatic ring is 1. The van der Waals surface area contributed by atoms with E-state index in [-0.39, 0.29) is 0 Å². The van der Waals surface area contributed by atoms with Crippen LogP contribution in [0.4, 0.5) is 18.9 Å².